The Morgan fingerprint density at radius 1 is 1.15 bits per heavy atom. The van der Waals surface area contributed by atoms with E-state index in [9.17, 15) is 14.0 Å². The summed E-state index contributed by atoms with van der Waals surface area (Å²) in [6.07, 6.45) is 5.51. The van der Waals surface area contributed by atoms with Gasteiger partial charge in [-0.15, -0.1) is 0 Å². The summed E-state index contributed by atoms with van der Waals surface area (Å²) < 4.78 is 12.0. The van der Waals surface area contributed by atoms with Crippen LogP contribution in [-0.4, -0.2) is 18.5 Å². The molecule has 1 fully saturated rings. The van der Waals surface area contributed by atoms with Crippen LogP contribution in [0, 0.1) is 5.41 Å². The van der Waals surface area contributed by atoms with Gasteiger partial charge in [-0.05, 0) is 32.3 Å². The number of carbonyl (C=O) groups excluding carboxylic acids is 2. The van der Waals surface area contributed by atoms with Crippen LogP contribution in [0.2, 0.25) is 0 Å². The van der Waals surface area contributed by atoms with Gasteiger partial charge in [0.05, 0.1) is 6.67 Å². The molecule has 0 saturated carbocycles. The molecule has 0 aliphatic carbocycles. The van der Waals surface area contributed by atoms with Gasteiger partial charge in [0.15, 0.2) is 5.82 Å². The third-order valence-electron chi connectivity index (χ3n) is 3.73. The van der Waals surface area contributed by atoms with Gasteiger partial charge in [-0.1, -0.05) is 31.9 Å². The van der Waals surface area contributed by atoms with Crippen LogP contribution in [0.3, 0.4) is 0 Å². The Balaban J connectivity index is 2.70. The van der Waals surface area contributed by atoms with E-state index in [-0.39, 0.29) is 18.5 Å². The molecule has 0 bridgehead atoms. The summed E-state index contributed by atoms with van der Waals surface area (Å²) in [5, 5.41) is 5.37. The highest BCUT2D eigenvalue weighted by molar-refractivity contribution is 6.08. The number of hydrogen-bond acceptors (Lipinski definition) is 2. The van der Waals surface area contributed by atoms with Crippen molar-refractivity contribution >= 4 is 11.8 Å². The molecule has 0 spiro atoms. The average Bonchev–Trinajstić information content (AvgIpc) is 2.42. The molecular formula is C15H23FN2O2. The predicted molar refractivity (Wildman–Crippen MR) is 75.3 cm³/mol. The molecule has 4 nitrogen and oxygen atoms in total. The monoisotopic (exact) mass is 282 g/mol. The molecule has 0 aromatic carbocycles. The molecule has 0 atom stereocenters. The van der Waals surface area contributed by atoms with Crippen LogP contribution in [-0.2, 0) is 9.59 Å². The minimum Gasteiger partial charge on any atom is -0.305 e. The Hall–Kier alpha value is -1.61. The van der Waals surface area contributed by atoms with E-state index in [1.54, 1.807) is 13.0 Å². The summed E-state index contributed by atoms with van der Waals surface area (Å²) in [6, 6.07) is 0. The minimum absolute atomic E-state index is 0.265. The predicted octanol–water partition coefficient (Wildman–Crippen LogP) is 2.57. The van der Waals surface area contributed by atoms with E-state index >= 15 is 0 Å². The van der Waals surface area contributed by atoms with Crippen LogP contribution in [0.4, 0.5) is 4.39 Å². The highest BCUT2D eigenvalue weighted by Gasteiger charge is 2.47. The van der Waals surface area contributed by atoms with Crippen LogP contribution < -0.4 is 10.6 Å². The van der Waals surface area contributed by atoms with Crippen LogP contribution in [0.15, 0.2) is 17.6 Å². The number of halogens is 1. The lowest BCUT2D eigenvalue weighted by Crippen LogP contribution is -2.58. The lowest BCUT2D eigenvalue weighted by Gasteiger charge is -2.34. The fourth-order valence-corrected chi connectivity index (χ4v) is 2.42. The van der Waals surface area contributed by atoms with Gasteiger partial charge in [0.2, 0.25) is 11.8 Å². The van der Waals surface area contributed by atoms with Gasteiger partial charge in [-0.2, -0.15) is 0 Å². The van der Waals surface area contributed by atoms with Crippen molar-refractivity contribution in [3.8, 4) is 0 Å². The summed E-state index contributed by atoms with van der Waals surface area (Å²) in [5.41, 5.74) is 1.77. The minimum atomic E-state index is -1.01. The van der Waals surface area contributed by atoms with Crippen molar-refractivity contribution in [1.29, 1.82) is 0 Å². The molecule has 1 aliphatic heterocycles. The molecule has 0 aromatic rings. The molecule has 2 N–H and O–H groups in total. The van der Waals surface area contributed by atoms with E-state index in [2.05, 4.69) is 16.4 Å². The van der Waals surface area contributed by atoms with E-state index in [0.717, 1.165) is 19.3 Å². The van der Waals surface area contributed by atoms with Gasteiger partial charge < -0.3 is 10.6 Å². The molecule has 0 aromatic heterocycles. The molecule has 1 aliphatic rings. The summed E-state index contributed by atoms with van der Waals surface area (Å²) in [7, 11) is 0. The number of hydrogen-bond donors (Lipinski definition) is 2. The fraction of sp³-hybridized carbons (Fsp3) is 0.667. The van der Waals surface area contributed by atoms with E-state index in [4.69, 9.17) is 0 Å². The first kappa shape index (κ1) is 16.4. The third kappa shape index (κ3) is 3.70. The lowest BCUT2D eigenvalue weighted by molar-refractivity contribution is -0.146. The molecule has 1 rings (SSSR count). The largest absolute Gasteiger partial charge is 0.305 e. The number of unbranched alkanes of at least 4 members (excludes halogenated alkanes) is 3. The van der Waals surface area contributed by atoms with Crippen LogP contribution in [0.1, 0.15) is 52.4 Å². The zero-order chi connectivity index (χ0) is 15.0. The Morgan fingerprint density at radius 3 is 2.25 bits per heavy atom. The quantitative estimate of drug-likeness (QED) is 0.428. The topological polar surface area (TPSA) is 58.2 Å². The second-order valence-corrected chi connectivity index (χ2v) is 5.01. The lowest BCUT2D eigenvalue weighted by atomic mass is 9.77. The molecule has 1 heterocycles. The number of alkyl halides is 1. The van der Waals surface area contributed by atoms with Crippen molar-refractivity contribution in [2.24, 2.45) is 5.41 Å². The molecular weight excluding hydrogens is 259 g/mol. The SMILES string of the molecule is CC=C=C1NC(=O)C(CC)(CCCCCCF)C(=O)N1. The molecule has 5 heteroatoms. The number of nitrogens with one attached hydrogen (secondary N) is 2. The van der Waals surface area contributed by atoms with Crippen molar-refractivity contribution in [2.75, 3.05) is 6.67 Å². The first-order valence-corrected chi connectivity index (χ1v) is 7.21. The van der Waals surface area contributed by atoms with Crippen molar-refractivity contribution in [1.82, 2.24) is 10.6 Å². The first-order valence-electron chi connectivity index (χ1n) is 7.21. The Morgan fingerprint density at radius 2 is 1.75 bits per heavy atom. The van der Waals surface area contributed by atoms with Crippen molar-refractivity contribution in [3.05, 3.63) is 17.6 Å². The molecule has 0 radical (unpaired) electrons. The number of rotatable bonds is 7. The van der Waals surface area contributed by atoms with Crippen LogP contribution in [0.5, 0.6) is 0 Å². The molecule has 1 saturated heterocycles. The number of carbonyl (C=O) groups is 2. The maximum atomic E-state index is 12.3. The summed E-state index contributed by atoms with van der Waals surface area (Å²) in [6.45, 7) is 3.29. The maximum Gasteiger partial charge on any atom is 0.241 e. The van der Waals surface area contributed by atoms with Gasteiger partial charge >= 0.3 is 0 Å². The fourth-order valence-electron chi connectivity index (χ4n) is 2.42. The molecule has 20 heavy (non-hydrogen) atoms. The second kappa shape index (κ2) is 7.85. The Bertz CT molecular complexity index is 406. The molecule has 112 valence electrons. The van der Waals surface area contributed by atoms with Crippen LogP contribution in [0.25, 0.3) is 0 Å². The van der Waals surface area contributed by atoms with Gasteiger partial charge in [0.1, 0.15) is 5.41 Å². The summed E-state index contributed by atoms with van der Waals surface area (Å²) in [5.74, 6) is -0.221. The number of amides is 2. The summed E-state index contributed by atoms with van der Waals surface area (Å²) in [4.78, 5) is 24.5. The first-order chi connectivity index (χ1) is 9.60. The zero-order valence-corrected chi connectivity index (χ0v) is 12.2. The van der Waals surface area contributed by atoms with E-state index in [1.165, 1.54) is 0 Å². The van der Waals surface area contributed by atoms with Crippen molar-refractivity contribution in [3.63, 3.8) is 0 Å². The number of allylic oxidation sites excluding steroid dienone is 1. The Labute approximate surface area is 119 Å². The Kier molecular flexibility index (Phi) is 6.46. The van der Waals surface area contributed by atoms with Crippen molar-refractivity contribution < 1.29 is 14.0 Å². The van der Waals surface area contributed by atoms with Gasteiger partial charge in [0, 0.05) is 0 Å². The standard InChI is InChI=1S/C15H23FN2O2/c1-3-9-12-17-13(19)15(4-2,14(20)18-12)10-7-5-6-8-11-16/h3H,4-8,10-11H2,1-2H3,(H,17,19)(H,18,20). The average molecular weight is 282 g/mol. The van der Waals surface area contributed by atoms with E-state index in [0.29, 0.717) is 25.1 Å². The van der Waals surface area contributed by atoms with Gasteiger partial charge in [-0.3, -0.25) is 14.0 Å². The zero-order valence-electron chi connectivity index (χ0n) is 12.2. The van der Waals surface area contributed by atoms with Gasteiger partial charge in [0.25, 0.3) is 0 Å². The molecule has 0 unspecified atom stereocenters. The van der Waals surface area contributed by atoms with E-state index < -0.39 is 5.41 Å². The molecule has 2 amide bonds. The maximum absolute atomic E-state index is 12.3. The highest BCUT2D eigenvalue weighted by atomic mass is 19.1. The van der Waals surface area contributed by atoms with Crippen LogP contribution >= 0.6 is 0 Å². The van der Waals surface area contributed by atoms with Crippen molar-refractivity contribution in [2.45, 2.75) is 52.4 Å². The summed E-state index contributed by atoms with van der Waals surface area (Å²) >= 11 is 0. The normalized spacial score (nSPS) is 22.1. The van der Waals surface area contributed by atoms with Gasteiger partial charge in [-0.25, -0.2) is 0 Å². The highest BCUT2D eigenvalue weighted by Crippen LogP contribution is 2.32. The smallest absolute Gasteiger partial charge is 0.241 e. The van der Waals surface area contributed by atoms with E-state index in [1.807, 2.05) is 6.92 Å². The second-order valence-electron chi connectivity index (χ2n) is 5.01. The third-order valence-corrected chi connectivity index (χ3v) is 3.73.